The average Bonchev–Trinajstić information content (AvgIpc) is 2.83. The van der Waals surface area contributed by atoms with Crippen molar-refractivity contribution in [2.75, 3.05) is 26.2 Å². The standard InChI is InChI=1S/C28H30ClF2NO2/c29-24-9-3-20(4-10-24)16-21-2-1-15-32(17-21)18-27(33)19-34-28(22-5-11-25(30)12-6-22)23-7-13-26(31)14-8-23/h3-14,21,27-28,33H,1-2,15-19H2. The van der Waals surface area contributed by atoms with Crippen LogP contribution in [0.5, 0.6) is 0 Å². The molecular formula is C28H30ClF2NO2. The molecule has 1 N–H and O–H groups in total. The fourth-order valence-electron chi connectivity index (χ4n) is 4.66. The first kappa shape index (κ1) is 24.8. The lowest BCUT2D eigenvalue weighted by Crippen LogP contribution is -2.42. The minimum absolute atomic E-state index is 0.123. The molecule has 0 spiro atoms. The van der Waals surface area contributed by atoms with E-state index in [-0.39, 0.29) is 18.2 Å². The summed E-state index contributed by atoms with van der Waals surface area (Å²) in [5.74, 6) is -0.131. The van der Waals surface area contributed by atoms with E-state index in [1.54, 1.807) is 24.3 Å². The van der Waals surface area contributed by atoms with Crippen molar-refractivity contribution in [2.24, 2.45) is 5.92 Å². The second-order valence-corrected chi connectivity index (χ2v) is 9.51. The maximum absolute atomic E-state index is 13.4. The van der Waals surface area contributed by atoms with Crippen molar-refractivity contribution >= 4 is 11.6 Å². The largest absolute Gasteiger partial charge is 0.389 e. The van der Waals surface area contributed by atoms with Crippen LogP contribution in [0.15, 0.2) is 72.8 Å². The zero-order chi connectivity index (χ0) is 23.9. The van der Waals surface area contributed by atoms with E-state index in [1.807, 2.05) is 12.1 Å². The molecule has 3 nitrogen and oxygen atoms in total. The molecule has 1 heterocycles. The molecule has 2 atom stereocenters. The molecular weight excluding hydrogens is 456 g/mol. The quantitative estimate of drug-likeness (QED) is 0.401. The zero-order valence-corrected chi connectivity index (χ0v) is 19.8. The number of aliphatic hydroxyl groups excluding tert-OH is 1. The van der Waals surface area contributed by atoms with E-state index < -0.39 is 12.2 Å². The smallest absolute Gasteiger partial charge is 0.123 e. The number of benzene rings is 3. The van der Waals surface area contributed by atoms with Crippen LogP contribution in [0, 0.1) is 17.6 Å². The predicted octanol–water partition coefficient (Wildman–Crippen LogP) is 6.04. The van der Waals surface area contributed by atoms with Crippen molar-refractivity contribution in [3.8, 4) is 0 Å². The molecule has 1 fully saturated rings. The third-order valence-electron chi connectivity index (χ3n) is 6.31. The minimum atomic E-state index is -0.669. The van der Waals surface area contributed by atoms with Gasteiger partial charge in [0, 0.05) is 18.1 Å². The molecule has 0 aliphatic carbocycles. The van der Waals surface area contributed by atoms with Gasteiger partial charge in [-0.05, 0) is 84.8 Å². The molecule has 0 amide bonds. The Labute approximate surface area is 204 Å². The van der Waals surface area contributed by atoms with Gasteiger partial charge in [0.1, 0.15) is 17.7 Å². The second-order valence-electron chi connectivity index (χ2n) is 9.07. The molecule has 1 aliphatic rings. The molecule has 0 bridgehead atoms. The minimum Gasteiger partial charge on any atom is -0.389 e. The Hall–Kier alpha value is -2.31. The average molecular weight is 486 g/mol. The fourth-order valence-corrected chi connectivity index (χ4v) is 4.78. The Bertz CT molecular complexity index is 982. The summed E-state index contributed by atoms with van der Waals surface area (Å²) in [4.78, 5) is 2.29. The van der Waals surface area contributed by atoms with Crippen molar-refractivity contribution < 1.29 is 18.6 Å². The number of rotatable bonds is 9. The number of likely N-dealkylation sites (tertiary alicyclic amines) is 1. The third-order valence-corrected chi connectivity index (χ3v) is 6.56. The first-order valence-corrected chi connectivity index (χ1v) is 12.1. The van der Waals surface area contributed by atoms with Gasteiger partial charge in [-0.25, -0.2) is 8.78 Å². The monoisotopic (exact) mass is 485 g/mol. The van der Waals surface area contributed by atoms with Crippen molar-refractivity contribution in [1.82, 2.24) is 4.90 Å². The molecule has 3 aromatic rings. The van der Waals surface area contributed by atoms with Gasteiger partial charge in [0.15, 0.2) is 0 Å². The highest BCUT2D eigenvalue weighted by molar-refractivity contribution is 6.30. The van der Waals surface area contributed by atoms with Crippen LogP contribution in [-0.4, -0.2) is 42.4 Å². The number of halogens is 3. The maximum Gasteiger partial charge on any atom is 0.123 e. The molecule has 180 valence electrons. The molecule has 2 unspecified atom stereocenters. The number of ether oxygens (including phenoxy) is 1. The SMILES string of the molecule is OC(COC(c1ccc(F)cc1)c1ccc(F)cc1)CN1CCCC(Cc2ccc(Cl)cc2)C1. The lowest BCUT2D eigenvalue weighted by Gasteiger charge is -2.34. The van der Waals surface area contributed by atoms with E-state index in [9.17, 15) is 13.9 Å². The van der Waals surface area contributed by atoms with Crippen LogP contribution in [0.25, 0.3) is 0 Å². The Balaban J connectivity index is 1.34. The lowest BCUT2D eigenvalue weighted by atomic mass is 9.91. The number of piperidine rings is 1. The number of β-amino-alcohol motifs (C(OH)–C–C–N with tert-alkyl or cyclic N) is 1. The fraction of sp³-hybridized carbons (Fsp3) is 0.357. The second kappa shape index (κ2) is 11.9. The van der Waals surface area contributed by atoms with Gasteiger partial charge in [-0.3, -0.25) is 0 Å². The van der Waals surface area contributed by atoms with Crippen LogP contribution in [0.3, 0.4) is 0 Å². The van der Waals surface area contributed by atoms with E-state index in [2.05, 4.69) is 17.0 Å². The van der Waals surface area contributed by atoms with Crippen LogP contribution < -0.4 is 0 Å². The summed E-state index contributed by atoms with van der Waals surface area (Å²) in [7, 11) is 0. The van der Waals surface area contributed by atoms with E-state index in [0.717, 1.165) is 42.1 Å². The predicted molar refractivity (Wildman–Crippen MR) is 131 cm³/mol. The van der Waals surface area contributed by atoms with E-state index in [0.29, 0.717) is 12.5 Å². The highest BCUT2D eigenvalue weighted by Gasteiger charge is 2.23. The Kier molecular flexibility index (Phi) is 8.68. The molecule has 3 aromatic carbocycles. The topological polar surface area (TPSA) is 32.7 Å². The molecule has 6 heteroatoms. The van der Waals surface area contributed by atoms with Gasteiger partial charge in [0.2, 0.25) is 0 Å². The molecule has 1 saturated heterocycles. The van der Waals surface area contributed by atoms with Gasteiger partial charge in [-0.2, -0.15) is 0 Å². The van der Waals surface area contributed by atoms with Gasteiger partial charge in [0.25, 0.3) is 0 Å². The van der Waals surface area contributed by atoms with Gasteiger partial charge < -0.3 is 14.7 Å². The van der Waals surface area contributed by atoms with Gasteiger partial charge in [-0.15, -0.1) is 0 Å². The Morgan fingerprint density at radius 1 is 0.912 bits per heavy atom. The van der Waals surface area contributed by atoms with Gasteiger partial charge in [0.05, 0.1) is 12.7 Å². The van der Waals surface area contributed by atoms with Crippen molar-refractivity contribution in [3.63, 3.8) is 0 Å². The maximum atomic E-state index is 13.4. The summed E-state index contributed by atoms with van der Waals surface area (Å²) < 4.78 is 32.9. The summed E-state index contributed by atoms with van der Waals surface area (Å²) in [6.07, 6.45) is 2.08. The highest BCUT2D eigenvalue weighted by atomic mass is 35.5. The number of hydrogen-bond acceptors (Lipinski definition) is 3. The molecule has 0 radical (unpaired) electrons. The molecule has 0 aromatic heterocycles. The zero-order valence-electron chi connectivity index (χ0n) is 19.0. The normalized spacial score (nSPS) is 17.7. The molecule has 4 rings (SSSR count). The first-order chi connectivity index (χ1) is 16.5. The van der Waals surface area contributed by atoms with Crippen molar-refractivity contribution in [3.05, 3.63) is 106 Å². The summed E-state index contributed by atoms with van der Waals surface area (Å²) in [5, 5.41) is 11.5. The number of hydrogen-bond donors (Lipinski definition) is 1. The van der Waals surface area contributed by atoms with Crippen LogP contribution >= 0.6 is 11.6 Å². The van der Waals surface area contributed by atoms with Crippen LogP contribution in [-0.2, 0) is 11.2 Å². The summed E-state index contributed by atoms with van der Waals surface area (Å²) in [6, 6.07) is 20.1. The van der Waals surface area contributed by atoms with Crippen molar-refractivity contribution in [2.45, 2.75) is 31.5 Å². The van der Waals surface area contributed by atoms with Crippen molar-refractivity contribution in [1.29, 1.82) is 0 Å². The van der Waals surface area contributed by atoms with Crippen LogP contribution in [0.1, 0.15) is 35.6 Å². The number of aliphatic hydroxyl groups is 1. The Morgan fingerprint density at radius 3 is 2.09 bits per heavy atom. The third kappa shape index (κ3) is 7.09. The van der Waals surface area contributed by atoms with E-state index in [4.69, 9.17) is 16.3 Å². The highest BCUT2D eigenvalue weighted by Crippen LogP contribution is 2.27. The molecule has 34 heavy (non-hydrogen) atoms. The molecule has 1 aliphatic heterocycles. The summed E-state index contributed by atoms with van der Waals surface area (Å²) in [6.45, 7) is 2.53. The Morgan fingerprint density at radius 2 is 1.50 bits per heavy atom. The number of nitrogens with zero attached hydrogens (tertiary/aromatic N) is 1. The first-order valence-electron chi connectivity index (χ1n) is 11.7. The van der Waals surface area contributed by atoms with Gasteiger partial charge in [-0.1, -0.05) is 48.0 Å². The van der Waals surface area contributed by atoms with Gasteiger partial charge >= 0.3 is 0 Å². The van der Waals surface area contributed by atoms with E-state index >= 15 is 0 Å². The summed E-state index contributed by atoms with van der Waals surface area (Å²) >= 11 is 6.00. The molecule has 0 saturated carbocycles. The van der Waals surface area contributed by atoms with Crippen LogP contribution in [0.2, 0.25) is 5.02 Å². The van der Waals surface area contributed by atoms with Crippen LogP contribution in [0.4, 0.5) is 8.78 Å². The van der Waals surface area contributed by atoms with E-state index in [1.165, 1.54) is 36.2 Å². The summed E-state index contributed by atoms with van der Waals surface area (Å²) in [5.41, 5.74) is 2.78. The lowest BCUT2D eigenvalue weighted by molar-refractivity contribution is -0.0135.